The zero-order valence-corrected chi connectivity index (χ0v) is 9.70. The molecule has 1 aromatic carbocycles. The summed E-state index contributed by atoms with van der Waals surface area (Å²) in [6.45, 7) is 6.21. The minimum atomic E-state index is -0.444. The van der Waals surface area contributed by atoms with Crippen LogP contribution in [0.2, 0.25) is 0 Å². The van der Waals surface area contributed by atoms with E-state index in [0.717, 1.165) is 11.1 Å². The second-order valence-electron chi connectivity index (χ2n) is 4.98. The van der Waals surface area contributed by atoms with E-state index in [2.05, 4.69) is 0 Å². The van der Waals surface area contributed by atoms with Gasteiger partial charge in [-0.05, 0) is 23.0 Å². The van der Waals surface area contributed by atoms with Gasteiger partial charge in [0.2, 0.25) is 0 Å². The average molecular weight is 208 g/mol. The van der Waals surface area contributed by atoms with Crippen molar-refractivity contribution in [2.75, 3.05) is 6.61 Å². The molecule has 2 N–H and O–H groups in total. The summed E-state index contributed by atoms with van der Waals surface area (Å²) in [4.78, 5) is 0. The second-order valence-corrected chi connectivity index (χ2v) is 4.98. The average Bonchev–Trinajstić information content (AvgIpc) is 2.17. The van der Waals surface area contributed by atoms with E-state index in [1.54, 1.807) is 0 Å². The lowest BCUT2D eigenvalue weighted by molar-refractivity contribution is 0.0626. The van der Waals surface area contributed by atoms with Crippen molar-refractivity contribution >= 4 is 0 Å². The summed E-state index contributed by atoms with van der Waals surface area (Å²) in [6.07, 6.45) is 0.229. The van der Waals surface area contributed by atoms with E-state index < -0.39 is 6.10 Å². The van der Waals surface area contributed by atoms with Crippen LogP contribution in [-0.4, -0.2) is 16.8 Å². The van der Waals surface area contributed by atoms with Gasteiger partial charge in [-0.3, -0.25) is 0 Å². The fraction of sp³-hybridized carbons (Fsp3) is 0.538. The van der Waals surface area contributed by atoms with E-state index in [1.807, 2.05) is 45.0 Å². The molecule has 2 nitrogen and oxygen atoms in total. The first-order chi connectivity index (χ1) is 6.95. The molecule has 0 aromatic heterocycles. The van der Waals surface area contributed by atoms with Crippen molar-refractivity contribution in [1.29, 1.82) is 0 Å². The number of hydrogen-bond acceptors (Lipinski definition) is 2. The van der Waals surface area contributed by atoms with E-state index in [0.29, 0.717) is 6.42 Å². The molecule has 1 aromatic rings. The molecule has 0 saturated heterocycles. The number of aliphatic hydroxyl groups excluding tert-OH is 2. The predicted molar refractivity (Wildman–Crippen MR) is 61.6 cm³/mol. The van der Waals surface area contributed by atoms with Gasteiger partial charge in [-0.15, -0.1) is 0 Å². The summed E-state index contributed by atoms with van der Waals surface area (Å²) in [5.74, 6) is 0. The van der Waals surface area contributed by atoms with Crippen LogP contribution in [0.1, 0.15) is 38.0 Å². The first-order valence-electron chi connectivity index (χ1n) is 5.33. The predicted octanol–water partition coefficient (Wildman–Crippen LogP) is 2.30. The van der Waals surface area contributed by atoms with Crippen LogP contribution in [0.15, 0.2) is 24.3 Å². The van der Waals surface area contributed by atoms with E-state index in [9.17, 15) is 5.11 Å². The largest absolute Gasteiger partial charge is 0.396 e. The van der Waals surface area contributed by atoms with E-state index in [-0.39, 0.29) is 12.0 Å². The highest BCUT2D eigenvalue weighted by atomic mass is 16.3. The molecule has 0 fully saturated rings. The monoisotopic (exact) mass is 208 g/mol. The zero-order valence-electron chi connectivity index (χ0n) is 9.70. The van der Waals surface area contributed by atoms with Gasteiger partial charge in [0, 0.05) is 6.61 Å². The van der Waals surface area contributed by atoms with E-state index in [1.165, 1.54) is 0 Å². The van der Waals surface area contributed by atoms with Crippen LogP contribution in [0.4, 0.5) is 0 Å². The van der Waals surface area contributed by atoms with Crippen molar-refractivity contribution in [1.82, 2.24) is 0 Å². The molecule has 0 spiro atoms. The van der Waals surface area contributed by atoms with Crippen molar-refractivity contribution in [3.8, 4) is 0 Å². The van der Waals surface area contributed by atoms with Gasteiger partial charge in [0.15, 0.2) is 0 Å². The molecule has 0 aliphatic heterocycles. The second kappa shape index (κ2) is 4.77. The Morgan fingerprint density at radius 1 is 1.13 bits per heavy atom. The van der Waals surface area contributed by atoms with Crippen molar-refractivity contribution in [2.24, 2.45) is 5.41 Å². The van der Waals surface area contributed by atoms with Gasteiger partial charge in [-0.25, -0.2) is 0 Å². The van der Waals surface area contributed by atoms with Crippen LogP contribution in [0, 0.1) is 5.41 Å². The Balaban J connectivity index is 2.80. The Hall–Kier alpha value is -0.860. The number of aliphatic hydroxyl groups is 2. The summed E-state index contributed by atoms with van der Waals surface area (Å²) < 4.78 is 0. The first-order valence-corrected chi connectivity index (χ1v) is 5.33. The summed E-state index contributed by atoms with van der Waals surface area (Å²) in [6, 6.07) is 7.78. The molecule has 0 aliphatic carbocycles. The van der Waals surface area contributed by atoms with Crippen molar-refractivity contribution in [3.05, 3.63) is 35.4 Å². The molecule has 0 radical (unpaired) electrons. The lowest BCUT2D eigenvalue weighted by Crippen LogP contribution is -2.17. The van der Waals surface area contributed by atoms with Gasteiger partial charge in [0.05, 0.1) is 6.10 Å². The molecule has 1 atom stereocenters. The molecule has 1 unspecified atom stereocenters. The lowest BCUT2D eigenvalue weighted by Gasteiger charge is -2.26. The third-order valence-corrected chi connectivity index (χ3v) is 2.52. The lowest BCUT2D eigenvalue weighted by atomic mass is 9.84. The smallest absolute Gasteiger partial charge is 0.0838 e. The topological polar surface area (TPSA) is 40.5 Å². The summed E-state index contributed by atoms with van der Waals surface area (Å²) in [5, 5.41) is 18.8. The Morgan fingerprint density at radius 3 is 2.07 bits per heavy atom. The summed E-state index contributed by atoms with van der Waals surface area (Å²) in [5.41, 5.74) is 1.89. The standard InChI is InChI=1S/C13H20O2/c1-13(2,3)12(15)11-6-4-10(5-7-11)8-9-14/h4-7,12,14-15H,8-9H2,1-3H3. The van der Waals surface area contributed by atoms with Gasteiger partial charge in [-0.2, -0.15) is 0 Å². The third kappa shape index (κ3) is 3.33. The highest BCUT2D eigenvalue weighted by Gasteiger charge is 2.23. The van der Waals surface area contributed by atoms with Crippen LogP contribution in [0.3, 0.4) is 0 Å². The van der Waals surface area contributed by atoms with Gasteiger partial charge in [0.25, 0.3) is 0 Å². The molecule has 0 saturated carbocycles. The Kier molecular flexibility index (Phi) is 3.89. The molecule has 0 bridgehead atoms. The molecule has 0 aliphatic rings. The molecule has 0 heterocycles. The van der Waals surface area contributed by atoms with Crippen molar-refractivity contribution in [3.63, 3.8) is 0 Å². The Morgan fingerprint density at radius 2 is 1.67 bits per heavy atom. The van der Waals surface area contributed by atoms with Gasteiger partial charge in [-0.1, -0.05) is 45.0 Å². The minimum Gasteiger partial charge on any atom is -0.396 e. The molecule has 84 valence electrons. The SMILES string of the molecule is CC(C)(C)C(O)c1ccc(CCO)cc1. The molecule has 0 amide bonds. The molecule has 1 rings (SSSR count). The molecular formula is C13H20O2. The van der Waals surface area contributed by atoms with E-state index in [4.69, 9.17) is 5.11 Å². The van der Waals surface area contributed by atoms with Gasteiger partial charge >= 0.3 is 0 Å². The first kappa shape index (κ1) is 12.2. The van der Waals surface area contributed by atoms with Crippen LogP contribution in [-0.2, 0) is 6.42 Å². The Bertz CT molecular complexity index is 295. The van der Waals surface area contributed by atoms with Crippen molar-refractivity contribution in [2.45, 2.75) is 33.3 Å². The highest BCUT2D eigenvalue weighted by Crippen LogP contribution is 2.32. The van der Waals surface area contributed by atoms with Crippen LogP contribution in [0.25, 0.3) is 0 Å². The number of hydrogen-bond donors (Lipinski definition) is 2. The minimum absolute atomic E-state index is 0.140. The molecular weight excluding hydrogens is 188 g/mol. The Labute approximate surface area is 91.6 Å². The van der Waals surface area contributed by atoms with Gasteiger partial charge in [0.1, 0.15) is 0 Å². The number of benzene rings is 1. The summed E-state index contributed by atoms with van der Waals surface area (Å²) >= 11 is 0. The number of rotatable bonds is 3. The normalized spacial score (nSPS) is 13.9. The summed E-state index contributed by atoms with van der Waals surface area (Å²) in [7, 11) is 0. The van der Waals surface area contributed by atoms with Gasteiger partial charge < -0.3 is 10.2 Å². The maximum atomic E-state index is 10.0. The van der Waals surface area contributed by atoms with Crippen molar-refractivity contribution < 1.29 is 10.2 Å². The maximum absolute atomic E-state index is 10.0. The fourth-order valence-corrected chi connectivity index (χ4v) is 1.50. The zero-order chi connectivity index (χ0) is 11.5. The quantitative estimate of drug-likeness (QED) is 0.800. The maximum Gasteiger partial charge on any atom is 0.0838 e. The molecule has 15 heavy (non-hydrogen) atoms. The molecule has 2 heteroatoms. The third-order valence-electron chi connectivity index (χ3n) is 2.52. The fourth-order valence-electron chi connectivity index (χ4n) is 1.50. The van der Waals surface area contributed by atoms with Crippen LogP contribution >= 0.6 is 0 Å². The van der Waals surface area contributed by atoms with E-state index >= 15 is 0 Å². The van der Waals surface area contributed by atoms with Crippen LogP contribution in [0.5, 0.6) is 0 Å². The van der Waals surface area contributed by atoms with Crippen LogP contribution < -0.4 is 0 Å². The highest BCUT2D eigenvalue weighted by molar-refractivity contribution is 5.25.